The number of sulfonamides is 1. The molecule has 1 aromatic carbocycles. The molecule has 1 heterocycles. The van der Waals surface area contributed by atoms with E-state index in [1.54, 1.807) is 0 Å². The van der Waals surface area contributed by atoms with E-state index in [-0.39, 0.29) is 23.9 Å². The van der Waals surface area contributed by atoms with Gasteiger partial charge in [0.2, 0.25) is 10.0 Å². The summed E-state index contributed by atoms with van der Waals surface area (Å²) in [6.45, 7) is 0.816. The first-order valence-corrected chi connectivity index (χ1v) is 7.44. The molecule has 1 unspecified atom stereocenters. The molecule has 1 aromatic rings. The Morgan fingerprint density at radius 3 is 2.94 bits per heavy atom. The molecule has 18 heavy (non-hydrogen) atoms. The van der Waals surface area contributed by atoms with E-state index < -0.39 is 21.9 Å². The fraction of sp³-hybridized carbons (Fsp3) is 0.455. The van der Waals surface area contributed by atoms with Gasteiger partial charge in [0.25, 0.3) is 0 Å². The summed E-state index contributed by atoms with van der Waals surface area (Å²) in [5.74, 6) is -0.430. The summed E-state index contributed by atoms with van der Waals surface area (Å²) in [4.78, 5) is -0.0560. The highest BCUT2D eigenvalue weighted by Crippen LogP contribution is 2.21. The third-order valence-corrected chi connectivity index (χ3v) is 5.06. The Morgan fingerprint density at radius 1 is 1.50 bits per heavy atom. The maximum Gasteiger partial charge on any atom is 0.243 e. The minimum Gasteiger partial charge on any atom is -0.378 e. The Bertz CT molecular complexity index is 523. The van der Waals surface area contributed by atoms with Gasteiger partial charge in [0.05, 0.1) is 24.2 Å². The molecule has 100 valence electrons. The molecule has 0 spiro atoms. The summed E-state index contributed by atoms with van der Waals surface area (Å²) >= 11 is 5.74. The van der Waals surface area contributed by atoms with Gasteiger partial charge < -0.3 is 4.74 Å². The lowest BCUT2D eigenvalue weighted by molar-refractivity contribution is 0.0404. The molecule has 1 aliphatic heterocycles. The van der Waals surface area contributed by atoms with Crippen LogP contribution >= 0.6 is 11.6 Å². The van der Waals surface area contributed by atoms with Crippen molar-refractivity contribution in [1.29, 1.82) is 0 Å². The van der Waals surface area contributed by atoms with Crippen LogP contribution in [0.25, 0.3) is 0 Å². The molecule has 0 N–H and O–H groups in total. The maximum absolute atomic E-state index is 13.1. The molecule has 4 nitrogen and oxygen atoms in total. The minimum absolute atomic E-state index is 0.0560. The second kappa shape index (κ2) is 5.52. The number of alkyl halides is 1. The van der Waals surface area contributed by atoms with Crippen LogP contribution < -0.4 is 0 Å². The van der Waals surface area contributed by atoms with E-state index in [2.05, 4.69) is 0 Å². The fourth-order valence-electron chi connectivity index (χ4n) is 1.84. The van der Waals surface area contributed by atoms with E-state index in [9.17, 15) is 12.8 Å². The quantitative estimate of drug-likeness (QED) is 0.793. The Hall–Kier alpha value is -0.690. The van der Waals surface area contributed by atoms with E-state index in [1.165, 1.54) is 22.5 Å². The van der Waals surface area contributed by atoms with Gasteiger partial charge in [0, 0.05) is 12.4 Å². The predicted molar refractivity (Wildman–Crippen MR) is 65.6 cm³/mol. The Morgan fingerprint density at radius 2 is 2.28 bits per heavy atom. The molecule has 2 rings (SSSR count). The number of morpholine rings is 1. The molecule has 0 aliphatic carbocycles. The summed E-state index contributed by atoms with van der Waals surface area (Å²) < 4.78 is 44.3. The number of hydrogen-bond donors (Lipinski definition) is 0. The zero-order valence-electron chi connectivity index (χ0n) is 9.55. The van der Waals surface area contributed by atoms with Gasteiger partial charge in [0.15, 0.2) is 0 Å². The smallest absolute Gasteiger partial charge is 0.243 e. The second-order valence-electron chi connectivity index (χ2n) is 3.96. The van der Waals surface area contributed by atoms with Crippen molar-refractivity contribution in [2.24, 2.45) is 0 Å². The average Bonchev–Trinajstić information content (AvgIpc) is 2.38. The first-order chi connectivity index (χ1) is 8.55. The lowest BCUT2D eigenvalue weighted by Gasteiger charge is -2.33. The number of ether oxygens (including phenoxy) is 1. The minimum atomic E-state index is -3.72. The van der Waals surface area contributed by atoms with E-state index in [0.29, 0.717) is 6.61 Å². The first kappa shape index (κ1) is 13.7. The normalized spacial score (nSPS) is 22.0. The van der Waals surface area contributed by atoms with Crippen LogP contribution in [-0.4, -0.2) is 44.4 Å². The summed E-state index contributed by atoms with van der Waals surface area (Å²) in [5, 5.41) is 0. The Labute approximate surface area is 110 Å². The monoisotopic (exact) mass is 293 g/mol. The first-order valence-electron chi connectivity index (χ1n) is 5.47. The van der Waals surface area contributed by atoms with Crippen molar-refractivity contribution < 1.29 is 17.5 Å². The maximum atomic E-state index is 13.1. The van der Waals surface area contributed by atoms with Crippen LogP contribution in [0.1, 0.15) is 0 Å². The molecule has 7 heteroatoms. The van der Waals surface area contributed by atoms with Crippen LogP contribution in [-0.2, 0) is 14.8 Å². The van der Waals surface area contributed by atoms with Gasteiger partial charge in [-0.1, -0.05) is 6.07 Å². The van der Waals surface area contributed by atoms with Crippen LogP contribution in [0.4, 0.5) is 4.39 Å². The number of halogens is 2. The standard InChI is InChI=1S/C11H13ClFNO3S/c12-7-10-8-17-5-4-14(10)18(15,16)11-3-1-2-9(13)6-11/h1-3,6,10H,4-5,7-8H2. The Kier molecular flexibility index (Phi) is 4.21. The lowest BCUT2D eigenvalue weighted by atomic mass is 10.3. The van der Waals surface area contributed by atoms with Crippen molar-refractivity contribution in [3.63, 3.8) is 0 Å². The van der Waals surface area contributed by atoms with Gasteiger partial charge in [-0.2, -0.15) is 4.31 Å². The van der Waals surface area contributed by atoms with E-state index >= 15 is 0 Å². The molecule has 0 radical (unpaired) electrons. The highest BCUT2D eigenvalue weighted by Gasteiger charge is 2.33. The van der Waals surface area contributed by atoms with Crippen molar-refractivity contribution in [1.82, 2.24) is 4.31 Å². The molecule has 0 aromatic heterocycles. The van der Waals surface area contributed by atoms with Crippen LogP contribution in [0.15, 0.2) is 29.2 Å². The zero-order chi connectivity index (χ0) is 13.2. The highest BCUT2D eigenvalue weighted by atomic mass is 35.5. The van der Waals surface area contributed by atoms with Gasteiger partial charge in [-0.25, -0.2) is 12.8 Å². The molecular formula is C11H13ClFNO3S. The number of nitrogens with zero attached hydrogens (tertiary/aromatic N) is 1. The molecule has 1 saturated heterocycles. The van der Waals surface area contributed by atoms with Gasteiger partial charge in [-0.3, -0.25) is 0 Å². The van der Waals surface area contributed by atoms with Crippen LogP contribution in [0, 0.1) is 5.82 Å². The van der Waals surface area contributed by atoms with Gasteiger partial charge in [-0.15, -0.1) is 11.6 Å². The molecule has 1 fully saturated rings. The van der Waals surface area contributed by atoms with Crippen molar-refractivity contribution in [3.05, 3.63) is 30.1 Å². The number of benzene rings is 1. The van der Waals surface area contributed by atoms with Crippen molar-refractivity contribution in [3.8, 4) is 0 Å². The number of rotatable bonds is 3. The van der Waals surface area contributed by atoms with Crippen molar-refractivity contribution in [2.45, 2.75) is 10.9 Å². The summed E-state index contributed by atoms with van der Waals surface area (Å²) in [6, 6.07) is 4.55. The SMILES string of the molecule is O=S(=O)(c1cccc(F)c1)N1CCOCC1CCl. The van der Waals surface area contributed by atoms with Crippen LogP contribution in [0.5, 0.6) is 0 Å². The summed E-state index contributed by atoms with van der Waals surface area (Å²) in [5.41, 5.74) is 0. The third kappa shape index (κ3) is 2.66. The average molecular weight is 294 g/mol. The predicted octanol–water partition coefficient (Wildman–Crippen LogP) is 1.45. The van der Waals surface area contributed by atoms with Crippen LogP contribution in [0.3, 0.4) is 0 Å². The second-order valence-corrected chi connectivity index (χ2v) is 6.16. The Balaban J connectivity index is 2.35. The molecule has 0 amide bonds. The molecule has 0 saturated carbocycles. The summed E-state index contributed by atoms with van der Waals surface area (Å²) in [6.07, 6.45) is 0. The fourth-order valence-corrected chi connectivity index (χ4v) is 3.80. The van der Waals surface area contributed by atoms with Gasteiger partial charge in [0.1, 0.15) is 5.82 Å². The largest absolute Gasteiger partial charge is 0.378 e. The molecule has 1 aliphatic rings. The van der Waals surface area contributed by atoms with E-state index in [4.69, 9.17) is 16.3 Å². The van der Waals surface area contributed by atoms with E-state index in [1.807, 2.05) is 0 Å². The lowest BCUT2D eigenvalue weighted by Crippen LogP contribution is -2.49. The van der Waals surface area contributed by atoms with Crippen molar-refractivity contribution >= 4 is 21.6 Å². The third-order valence-electron chi connectivity index (χ3n) is 2.75. The van der Waals surface area contributed by atoms with Crippen LogP contribution in [0.2, 0.25) is 0 Å². The molecule has 1 atom stereocenters. The molecular weight excluding hydrogens is 281 g/mol. The van der Waals surface area contributed by atoms with Gasteiger partial charge >= 0.3 is 0 Å². The van der Waals surface area contributed by atoms with E-state index in [0.717, 1.165) is 6.07 Å². The number of hydrogen-bond acceptors (Lipinski definition) is 3. The van der Waals surface area contributed by atoms with Crippen molar-refractivity contribution in [2.75, 3.05) is 25.6 Å². The highest BCUT2D eigenvalue weighted by molar-refractivity contribution is 7.89. The zero-order valence-corrected chi connectivity index (χ0v) is 11.1. The summed E-state index contributed by atoms with van der Waals surface area (Å²) in [7, 11) is -3.72. The molecule has 0 bridgehead atoms. The van der Waals surface area contributed by atoms with Gasteiger partial charge in [-0.05, 0) is 18.2 Å². The topological polar surface area (TPSA) is 46.6 Å².